The first-order valence-corrected chi connectivity index (χ1v) is 5.63. The molecule has 0 atom stereocenters. The quantitative estimate of drug-likeness (QED) is 0.475. The Balaban J connectivity index is 3.16. The van der Waals surface area contributed by atoms with Crippen molar-refractivity contribution in [1.82, 2.24) is 4.98 Å². The van der Waals surface area contributed by atoms with Crippen LogP contribution in [0.1, 0.15) is 11.1 Å². The Morgan fingerprint density at radius 3 is 1.65 bits per heavy atom. The second-order valence-electron chi connectivity index (χ2n) is 4.16. The molecule has 0 fully saturated rings. The third-order valence-corrected chi connectivity index (χ3v) is 2.93. The van der Waals surface area contributed by atoms with Crippen LogP contribution >= 0.6 is 0 Å². The number of rotatable bonds is 1. The lowest BCUT2D eigenvalue weighted by molar-refractivity contribution is 0.381. The van der Waals surface area contributed by atoms with Crippen LogP contribution in [0.4, 0.5) is 27.8 Å². The fraction of sp³-hybridized carbons (Fsp3) is 0. The number of aromatic amines is 1. The molecule has 1 heterocycles. The van der Waals surface area contributed by atoms with Crippen molar-refractivity contribution in [2.24, 2.45) is 0 Å². The van der Waals surface area contributed by atoms with Gasteiger partial charge in [0.05, 0.1) is 5.56 Å². The van der Waals surface area contributed by atoms with Gasteiger partial charge in [0.1, 0.15) is 29.1 Å². The fourth-order valence-corrected chi connectivity index (χ4v) is 1.92. The number of nitrogens with zero attached hydrogens (tertiary/aromatic N) is 2. The SMILES string of the molecule is N#Cc1c(N)[nH]c(=O)c(C#N)c1-c1c(F)c(F)c(F)c(F)c1F. The lowest BCUT2D eigenvalue weighted by Crippen LogP contribution is -2.18. The molecule has 0 saturated carbocycles. The molecule has 0 aliphatic carbocycles. The van der Waals surface area contributed by atoms with Crippen LogP contribution in [0.25, 0.3) is 11.1 Å². The Hall–Kier alpha value is -3.40. The largest absolute Gasteiger partial charge is 0.384 e. The number of nitriles is 2. The second kappa shape index (κ2) is 5.42. The zero-order valence-electron chi connectivity index (χ0n) is 10.8. The van der Waals surface area contributed by atoms with Gasteiger partial charge in [-0.3, -0.25) is 4.79 Å². The molecule has 1 aromatic carbocycles. The smallest absolute Gasteiger partial charge is 0.268 e. The lowest BCUT2D eigenvalue weighted by Gasteiger charge is -2.12. The summed E-state index contributed by atoms with van der Waals surface area (Å²) in [6.07, 6.45) is 0. The Labute approximate surface area is 124 Å². The van der Waals surface area contributed by atoms with Crippen molar-refractivity contribution in [3.8, 4) is 23.3 Å². The minimum atomic E-state index is -2.42. The van der Waals surface area contributed by atoms with E-state index in [4.69, 9.17) is 16.3 Å². The van der Waals surface area contributed by atoms with E-state index in [1.165, 1.54) is 12.1 Å². The van der Waals surface area contributed by atoms with Crippen molar-refractivity contribution in [3.05, 3.63) is 50.6 Å². The Bertz CT molecular complexity index is 955. The molecule has 0 unspecified atom stereocenters. The lowest BCUT2D eigenvalue weighted by atomic mass is 9.95. The molecule has 0 aliphatic rings. The summed E-state index contributed by atoms with van der Waals surface area (Å²) < 4.78 is 67.5. The van der Waals surface area contributed by atoms with Crippen LogP contribution in [0.2, 0.25) is 0 Å². The number of H-pyrrole nitrogens is 1. The molecule has 2 aromatic rings. The highest BCUT2D eigenvalue weighted by atomic mass is 19.2. The monoisotopic (exact) mass is 326 g/mol. The molecule has 1 aromatic heterocycles. The van der Waals surface area contributed by atoms with Gasteiger partial charge in [-0.2, -0.15) is 10.5 Å². The van der Waals surface area contributed by atoms with Gasteiger partial charge in [0.25, 0.3) is 5.56 Å². The van der Waals surface area contributed by atoms with Crippen molar-refractivity contribution < 1.29 is 22.0 Å². The minimum Gasteiger partial charge on any atom is -0.384 e. The first-order valence-electron chi connectivity index (χ1n) is 5.63. The molecular weight excluding hydrogens is 323 g/mol. The van der Waals surface area contributed by atoms with E-state index in [2.05, 4.69) is 0 Å². The van der Waals surface area contributed by atoms with E-state index in [9.17, 15) is 26.7 Å². The van der Waals surface area contributed by atoms with Gasteiger partial charge in [0, 0.05) is 5.56 Å². The van der Waals surface area contributed by atoms with Gasteiger partial charge in [0.15, 0.2) is 23.3 Å². The molecule has 0 saturated heterocycles. The van der Waals surface area contributed by atoms with E-state index in [-0.39, 0.29) is 0 Å². The van der Waals surface area contributed by atoms with E-state index >= 15 is 0 Å². The number of nitrogens with two attached hydrogens (primary N) is 1. The molecule has 2 rings (SSSR count). The summed E-state index contributed by atoms with van der Waals surface area (Å²) >= 11 is 0. The molecule has 10 heteroatoms. The molecule has 0 bridgehead atoms. The van der Waals surface area contributed by atoms with Gasteiger partial charge in [0.2, 0.25) is 5.82 Å². The standard InChI is InChI=1S/C13H3F5N4O/c14-7-6(8(15)10(17)11(18)9(7)16)5-3(1-19)12(21)22-13(23)4(5)2-20/h(H3,21,22,23). The predicted molar refractivity (Wildman–Crippen MR) is 66.1 cm³/mol. The highest BCUT2D eigenvalue weighted by Crippen LogP contribution is 2.35. The van der Waals surface area contributed by atoms with E-state index < -0.39 is 62.7 Å². The fourth-order valence-electron chi connectivity index (χ4n) is 1.92. The molecule has 0 amide bonds. The zero-order chi connectivity index (χ0) is 17.5. The number of benzene rings is 1. The van der Waals surface area contributed by atoms with Gasteiger partial charge >= 0.3 is 0 Å². The number of nitrogens with one attached hydrogen (secondary N) is 1. The number of nitrogen functional groups attached to an aromatic ring is 1. The van der Waals surface area contributed by atoms with Crippen LogP contribution in [0.3, 0.4) is 0 Å². The number of anilines is 1. The summed E-state index contributed by atoms with van der Waals surface area (Å²) in [6, 6.07) is 2.60. The van der Waals surface area contributed by atoms with Crippen molar-refractivity contribution in [3.63, 3.8) is 0 Å². The highest BCUT2D eigenvalue weighted by Gasteiger charge is 2.31. The van der Waals surface area contributed by atoms with E-state index in [0.717, 1.165) is 0 Å². The molecular formula is C13H3F5N4O. The second-order valence-corrected chi connectivity index (χ2v) is 4.16. The van der Waals surface area contributed by atoms with Crippen molar-refractivity contribution in [2.45, 2.75) is 0 Å². The third-order valence-electron chi connectivity index (χ3n) is 2.93. The number of halogens is 5. The Morgan fingerprint density at radius 1 is 0.783 bits per heavy atom. The van der Waals surface area contributed by atoms with Gasteiger partial charge in [-0.05, 0) is 0 Å². The van der Waals surface area contributed by atoms with Gasteiger partial charge < -0.3 is 10.7 Å². The summed E-state index contributed by atoms with van der Waals surface area (Å²) in [4.78, 5) is 13.5. The molecule has 116 valence electrons. The average molecular weight is 326 g/mol. The minimum absolute atomic E-state index is 0.685. The molecule has 5 nitrogen and oxygen atoms in total. The van der Waals surface area contributed by atoms with Crippen LogP contribution < -0.4 is 11.3 Å². The van der Waals surface area contributed by atoms with Crippen LogP contribution in [-0.4, -0.2) is 4.98 Å². The maximum absolute atomic E-state index is 13.9. The Morgan fingerprint density at radius 2 is 1.22 bits per heavy atom. The van der Waals surface area contributed by atoms with E-state index in [1.807, 2.05) is 4.98 Å². The number of hydrogen-bond acceptors (Lipinski definition) is 4. The van der Waals surface area contributed by atoms with Gasteiger partial charge in [-0.15, -0.1) is 0 Å². The van der Waals surface area contributed by atoms with Crippen molar-refractivity contribution >= 4 is 5.82 Å². The van der Waals surface area contributed by atoms with Crippen LogP contribution in [0.5, 0.6) is 0 Å². The highest BCUT2D eigenvalue weighted by molar-refractivity contribution is 5.80. The summed E-state index contributed by atoms with van der Waals surface area (Å²) in [5.41, 5.74) is -0.400. The molecule has 0 aliphatic heterocycles. The Kier molecular flexibility index (Phi) is 3.77. The van der Waals surface area contributed by atoms with Gasteiger partial charge in [-0.25, -0.2) is 22.0 Å². The molecule has 0 radical (unpaired) electrons. The molecule has 3 N–H and O–H groups in total. The van der Waals surface area contributed by atoms with Crippen molar-refractivity contribution in [1.29, 1.82) is 10.5 Å². The summed E-state index contributed by atoms with van der Waals surface area (Å²) in [6.45, 7) is 0. The first-order chi connectivity index (χ1) is 10.8. The maximum Gasteiger partial charge on any atom is 0.268 e. The van der Waals surface area contributed by atoms with Crippen LogP contribution in [-0.2, 0) is 0 Å². The van der Waals surface area contributed by atoms with Crippen LogP contribution in [0.15, 0.2) is 4.79 Å². The van der Waals surface area contributed by atoms with Crippen molar-refractivity contribution in [2.75, 3.05) is 5.73 Å². The summed E-state index contributed by atoms with van der Waals surface area (Å²) in [5, 5.41) is 17.9. The first kappa shape index (κ1) is 16.0. The number of hydrogen-bond donors (Lipinski definition) is 2. The third kappa shape index (κ3) is 2.17. The maximum atomic E-state index is 13.9. The van der Waals surface area contributed by atoms with E-state index in [0.29, 0.717) is 0 Å². The zero-order valence-corrected chi connectivity index (χ0v) is 10.8. The number of aromatic nitrogens is 1. The average Bonchev–Trinajstić information content (AvgIpc) is 2.51. The number of pyridine rings is 1. The predicted octanol–water partition coefficient (Wildman–Crippen LogP) is 2.06. The summed E-state index contributed by atoms with van der Waals surface area (Å²) in [5.74, 6) is -12.3. The molecule has 23 heavy (non-hydrogen) atoms. The topological polar surface area (TPSA) is 106 Å². The summed E-state index contributed by atoms with van der Waals surface area (Å²) in [7, 11) is 0. The van der Waals surface area contributed by atoms with Gasteiger partial charge in [-0.1, -0.05) is 0 Å². The van der Waals surface area contributed by atoms with E-state index in [1.54, 1.807) is 0 Å². The van der Waals surface area contributed by atoms with Crippen LogP contribution in [0, 0.1) is 51.7 Å². The molecule has 0 spiro atoms. The normalized spacial score (nSPS) is 10.2.